The first-order valence-corrected chi connectivity index (χ1v) is 20.6. The predicted octanol–water partition coefficient (Wildman–Crippen LogP) is 12.5. The standard InChI is InChI=1S/C42H80O6/c1-7-38(6)30-24-18-13-15-21-27-33-42(45)48-39(35-47-41(44)32-26-20-14-12-17-23-29-37(4)5)34-46-40(43)31-25-19-11-9-8-10-16-22-28-36(2)3/h36-39H,7-35H2,1-6H3/t38?,39-/m1/s1. The Morgan fingerprint density at radius 3 is 1.08 bits per heavy atom. The van der Waals surface area contributed by atoms with Gasteiger partial charge in [0, 0.05) is 19.3 Å². The van der Waals surface area contributed by atoms with Gasteiger partial charge in [0.2, 0.25) is 0 Å². The van der Waals surface area contributed by atoms with Gasteiger partial charge in [0.1, 0.15) is 13.2 Å². The molecule has 0 fully saturated rings. The van der Waals surface area contributed by atoms with E-state index in [2.05, 4.69) is 41.5 Å². The van der Waals surface area contributed by atoms with Crippen molar-refractivity contribution >= 4 is 17.9 Å². The van der Waals surface area contributed by atoms with Gasteiger partial charge in [-0.1, -0.05) is 176 Å². The van der Waals surface area contributed by atoms with Crippen molar-refractivity contribution < 1.29 is 28.6 Å². The first-order chi connectivity index (χ1) is 23.1. The summed E-state index contributed by atoms with van der Waals surface area (Å²) < 4.78 is 16.6. The summed E-state index contributed by atoms with van der Waals surface area (Å²) in [7, 11) is 0. The van der Waals surface area contributed by atoms with E-state index in [0.717, 1.165) is 75.5 Å². The summed E-state index contributed by atoms with van der Waals surface area (Å²) in [6, 6.07) is 0. The van der Waals surface area contributed by atoms with E-state index in [1.54, 1.807) is 0 Å². The molecule has 6 nitrogen and oxygen atoms in total. The topological polar surface area (TPSA) is 78.9 Å². The first-order valence-electron chi connectivity index (χ1n) is 20.6. The second kappa shape index (κ2) is 33.9. The Balaban J connectivity index is 4.38. The fraction of sp³-hybridized carbons (Fsp3) is 0.929. The Morgan fingerprint density at radius 1 is 0.417 bits per heavy atom. The van der Waals surface area contributed by atoms with Gasteiger partial charge in [-0.2, -0.15) is 0 Å². The molecule has 284 valence electrons. The van der Waals surface area contributed by atoms with Crippen molar-refractivity contribution in [2.75, 3.05) is 13.2 Å². The van der Waals surface area contributed by atoms with Crippen molar-refractivity contribution in [3.63, 3.8) is 0 Å². The second-order valence-electron chi connectivity index (χ2n) is 15.5. The molecule has 0 aliphatic rings. The van der Waals surface area contributed by atoms with Gasteiger partial charge in [-0.25, -0.2) is 0 Å². The molecule has 2 atom stereocenters. The van der Waals surface area contributed by atoms with E-state index < -0.39 is 6.10 Å². The number of esters is 3. The SMILES string of the molecule is CCC(C)CCCCCCCCC(=O)O[C@H](COC(=O)CCCCCCCCCCC(C)C)COC(=O)CCCCCCCCC(C)C. The van der Waals surface area contributed by atoms with E-state index in [4.69, 9.17) is 14.2 Å². The van der Waals surface area contributed by atoms with Gasteiger partial charge in [0.25, 0.3) is 0 Å². The largest absolute Gasteiger partial charge is 0.462 e. The quantitative estimate of drug-likeness (QED) is 0.0376. The van der Waals surface area contributed by atoms with Gasteiger partial charge in [0.15, 0.2) is 6.10 Å². The molecule has 0 aromatic heterocycles. The summed E-state index contributed by atoms with van der Waals surface area (Å²) in [5.41, 5.74) is 0. The Hall–Kier alpha value is -1.59. The lowest BCUT2D eigenvalue weighted by Gasteiger charge is -2.18. The third-order valence-electron chi connectivity index (χ3n) is 9.51. The third kappa shape index (κ3) is 34.3. The smallest absolute Gasteiger partial charge is 0.306 e. The maximum atomic E-state index is 12.6. The van der Waals surface area contributed by atoms with E-state index >= 15 is 0 Å². The average Bonchev–Trinajstić information content (AvgIpc) is 3.05. The number of hydrogen-bond donors (Lipinski definition) is 0. The second-order valence-corrected chi connectivity index (χ2v) is 15.5. The summed E-state index contributed by atoms with van der Waals surface area (Å²) in [5.74, 6) is 1.49. The summed E-state index contributed by atoms with van der Waals surface area (Å²) in [5, 5.41) is 0. The Labute approximate surface area is 298 Å². The minimum Gasteiger partial charge on any atom is -0.462 e. The van der Waals surface area contributed by atoms with Crippen LogP contribution in [0.3, 0.4) is 0 Å². The lowest BCUT2D eigenvalue weighted by Crippen LogP contribution is -2.30. The van der Waals surface area contributed by atoms with E-state index in [0.29, 0.717) is 19.3 Å². The van der Waals surface area contributed by atoms with Crippen LogP contribution in [0.5, 0.6) is 0 Å². The number of ether oxygens (including phenoxy) is 3. The van der Waals surface area contributed by atoms with Crippen molar-refractivity contribution in [3.8, 4) is 0 Å². The average molecular weight is 681 g/mol. The van der Waals surface area contributed by atoms with Gasteiger partial charge in [-0.3, -0.25) is 14.4 Å². The molecular weight excluding hydrogens is 600 g/mol. The van der Waals surface area contributed by atoms with Crippen LogP contribution in [-0.4, -0.2) is 37.2 Å². The highest BCUT2D eigenvalue weighted by Crippen LogP contribution is 2.16. The van der Waals surface area contributed by atoms with Crippen LogP contribution < -0.4 is 0 Å². The summed E-state index contributed by atoms with van der Waals surface area (Å²) in [6.07, 6.45) is 28.2. The molecule has 0 aromatic carbocycles. The normalized spacial score (nSPS) is 12.8. The molecule has 0 spiro atoms. The van der Waals surface area contributed by atoms with Crippen LogP contribution in [0.25, 0.3) is 0 Å². The number of unbranched alkanes of at least 4 members (excludes halogenated alkanes) is 17. The van der Waals surface area contributed by atoms with Gasteiger partial charge in [-0.15, -0.1) is 0 Å². The van der Waals surface area contributed by atoms with Crippen LogP contribution in [0.15, 0.2) is 0 Å². The molecule has 0 aliphatic carbocycles. The van der Waals surface area contributed by atoms with Gasteiger partial charge < -0.3 is 14.2 Å². The molecule has 48 heavy (non-hydrogen) atoms. The highest BCUT2D eigenvalue weighted by molar-refractivity contribution is 5.71. The fourth-order valence-corrected chi connectivity index (χ4v) is 5.96. The van der Waals surface area contributed by atoms with E-state index in [1.165, 1.54) is 96.3 Å². The zero-order valence-electron chi connectivity index (χ0n) is 32.8. The Morgan fingerprint density at radius 2 is 0.729 bits per heavy atom. The van der Waals surface area contributed by atoms with E-state index in [-0.39, 0.29) is 31.1 Å². The van der Waals surface area contributed by atoms with Crippen LogP contribution >= 0.6 is 0 Å². The van der Waals surface area contributed by atoms with Crippen LogP contribution in [0.2, 0.25) is 0 Å². The monoisotopic (exact) mass is 681 g/mol. The van der Waals surface area contributed by atoms with Gasteiger partial charge >= 0.3 is 17.9 Å². The van der Waals surface area contributed by atoms with Crippen LogP contribution in [-0.2, 0) is 28.6 Å². The van der Waals surface area contributed by atoms with Crippen molar-refractivity contribution in [2.24, 2.45) is 17.8 Å². The van der Waals surface area contributed by atoms with Crippen molar-refractivity contribution in [2.45, 2.75) is 221 Å². The summed E-state index contributed by atoms with van der Waals surface area (Å²) in [4.78, 5) is 37.5. The van der Waals surface area contributed by atoms with Crippen LogP contribution in [0, 0.1) is 17.8 Å². The maximum Gasteiger partial charge on any atom is 0.306 e. The lowest BCUT2D eigenvalue weighted by molar-refractivity contribution is -0.167. The maximum absolute atomic E-state index is 12.6. The molecule has 0 radical (unpaired) electrons. The van der Waals surface area contributed by atoms with Crippen molar-refractivity contribution in [1.29, 1.82) is 0 Å². The highest BCUT2D eigenvalue weighted by atomic mass is 16.6. The number of carbonyl (C=O) groups excluding carboxylic acids is 3. The molecule has 0 saturated heterocycles. The van der Waals surface area contributed by atoms with Crippen LogP contribution in [0.4, 0.5) is 0 Å². The van der Waals surface area contributed by atoms with E-state index in [9.17, 15) is 14.4 Å². The van der Waals surface area contributed by atoms with Gasteiger partial charge in [0.05, 0.1) is 0 Å². The summed E-state index contributed by atoms with van der Waals surface area (Å²) in [6.45, 7) is 13.5. The molecule has 0 saturated carbocycles. The molecule has 0 aliphatic heterocycles. The molecule has 0 rings (SSSR count). The Kier molecular flexibility index (Phi) is 32.8. The molecule has 0 bridgehead atoms. The van der Waals surface area contributed by atoms with Crippen LogP contribution in [0.1, 0.15) is 215 Å². The molecule has 6 heteroatoms. The number of rotatable bonds is 35. The molecule has 1 unspecified atom stereocenters. The highest BCUT2D eigenvalue weighted by Gasteiger charge is 2.19. The van der Waals surface area contributed by atoms with Gasteiger partial charge in [-0.05, 0) is 37.0 Å². The lowest BCUT2D eigenvalue weighted by atomic mass is 10.00. The Bertz CT molecular complexity index is 748. The summed E-state index contributed by atoms with van der Waals surface area (Å²) >= 11 is 0. The molecule has 0 aromatic rings. The number of carbonyl (C=O) groups is 3. The van der Waals surface area contributed by atoms with Crippen molar-refractivity contribution in [1.82, 2.24) is 0 Å². The molecule has 0 heterocycles. The minimum atomic E-state index is -0.761. The minimum absolute atomic E-state index is 0.0687. The molecule has 0 N–H and O–H groups in total. The van der Waals surface area contributed by atoms with Crippen molar-refractivity contribution in [3.05, 3.63) is 0 Å². The molecular formula is C42H80O6. The number of hydrogen-bond acceptors (Lipinski definition) is 6. The zero-order chi connectivity index (χ0) is 35.7. The predicted molar refractivity (Wildman–Crippen MR) is 201 cm³/mol. The molecule has 0 amide bonds. The zero-order valence-corrected chi connectivity index (χ0v) is 32.8. The van der Waals surface area contributed by atoms with E-state index in [1.807, 2.05) is 0 Å². The third-order valence-corrected chi connectivity index (χ3v) is 9.51. The fourth-order valence-electron chi connectivity index (χ4n) is 5.96. The first kappa shape index (κ1) is 46.4.